The molecule has 0 aliphatic carbocycles. The van der Waals surface area contributed by atoms with Gasteiger partial charge in [-0.2, -0.15) is 11.1 Å². The van der Waals surface area contributed by atoms with E-state index in [9.17, 15) is 0 Å². The van der Waals surface area contributed by atoms with E-state index in [1.807, 2.05) is 0 Å². The van der Waals surface area contributed by atoms with Crippen molar-refractivity contribution in [2.45, 2.75) is 52.6 Å². The van der Waals surface area contributed by atoms with Crippen molar-refractivity contribution in [3.63, 3.8) is 0 Å². The second-order valence-electron chi connectivity index (χ2n) is 6.20. The van der Waals surface area contributed by atoms with Gasteiger partial charge >= 0.3 is 0 Å². The minimum atomic E-state index is -1.99. The Bertz CT molecular complexity index is 345. The summed E-state index contributed by atoms with van der Waals surface area (Å²) in [6, 6.07) is 10.8. The maximum atomic E-state index is 7.29. The molecule has 0 saturated heterocycles. The van der Waals surface area contributed by atoms with Crippen LogP contribution in [-0.2, 0) is 0 Å². The first kappa shape index (κ1) is 15.8. The van der Waals surface area contributed by atoms with Crippen LogP contribution in [0.15, 0.2) is 30.3 Å². The number of rotatable bonds is 5. The molecule has 0 nitrogen and oxygen atoms in total. The fraction of sp³-hybridized carbons (Fsp3) is 0.625. The number of hydrogen-bond acceptors (Lipinski definition) is 0. The molecule has 2 heteroatoms. The van der Waals surface area contributed by atoms with Crippen molar-refractivity contribution < 1.29 is 0 Å². The summed E-state index contributed by atoms with van der Waals surface area (Å²) in [5.74, 6) is 1.27. The Hall–Kier alpha value is -0.273. The lowest BCUT2D eigenvalue weighted by Gasteiger charge is -2.40. The molecular formula is C16H27ClSi. The molecule has 2 atom stereocenters. The summed E-state index contributed by atoms with van der Waals surface area (Å²) in [5, 5.41) is 1.40. The molecule has 18 heavy (non-hydrogen) atoms. The van der Waals surface area contributed by atoms with E-state index in [1.54, 1.807) is 0 Å². The van der Waals surface area contributed by atoms with Gasteiger partial charge in [0.15, 0.2) is 7.38 Å². The van der Waals surface area contributed by atoms with Crippen molar-refractivity contribution in [1.82, 2.24) is 0 Å². The van der Waals surface area contributed by atoms with E-state index >= 15 is 0 Å². The standard InChI is InChI=1S/C16H27ClSi/c1-12(2)14(5)18(17,15(6)13(3)4)16-10-8-7-9-11-16/h7-15H,1-6H3. The zero-order valence-electron chi connectivity index (χ0n) is 12.6. The van der Waals surface area contributed by atoms with Crippen LogP contribution in [0.25, 0.3) is 0 Å². The molecule has 102 valence electrons. The molecule has 0 N–H and O–H groups in total. The van der Waals surface area contributed by atoms with E-state index < -0.39 is 7.38 Å². The molecule has 0 radical (unpaired) electrons. The third kappa shape index (κ3) is 3.00. The molecule has 2 unspecified atom stereocenters. The van der Waals surface area contributed by atoms with E-state index in [4.69, 9.17) is 11.1 Å². The van der Waals surface area contributed by atoms with Crippen LogP contribution in [0.4, 0.5) is 0 Å². The monoisotopic (exact) mass is 282 g/mol. The second-order valence-corrected chi connectivity index (χ2v) is 12.0. The van der Waals surface area contributed by atoms with Crippen LogP contribution in [0.2, 0.25) is 11.1 Å². The summed E-state index contributed by atoms with van der Waals surface area (Å²) in [6.45, 7) is 13.9. The number of hydrogen-bond donors (Lipinski definition) is 0. The van der Waals surface area contributed by atoms with Gasteiger partial charge in [-0.25, -0.2) is 0 Å². The molecule has 0 bridgehead atoms. The highest BCUT2D eigenvalue weighted by Crippen LogP contribution is 2.43. The third-order valence-corrected chi connectivity index (χ3v) is 12.5. The van der Waals surface area contributed by atoms with Crippen molar-refractivity contribution >= 4 is 23.6 Å². The van der Waals surface area contributed by atoms with Crippen LogP contribution in [0.5, 0.6) is 0 Å². The molecule has 1 aromatic rings. The van der Waals surface area contributed by atoms with Gasteiger partial charge in [-0.1, -0.05) is 71.9 Å². The maximum Gasteiger partial charge on any atom is 0.192 e. The fourth-order valence-electron chi connectivity index (χ4n) is 2.60. The normalized spacial score (nSPS) is 18.7. The highest BCUT2D eigenvalue weighted by Gasteiger charge is 2.46. The first-order valence-electron chi connectivity index (χ1n) is 7.06. The lowest BCUT2D eigenvalue weighted by molar-refractivity contribution is 0.562. The lowest BCUT2D eigenvalue weighted by Crippen LogP contribution is -2.52. The Balaban J connectivity index is 3.26. The topological polar surface area (TPSA) is 0 Å². The van der Waals surface area contributed by atoms with Gasteiger partial charge in [0, 0.05) is 0 Å². The van der Waals surface area contributed by atoms with Gasteiger partial charge in [0.05, 0.1) is 0 Å². The molecule has 1 aromatic carbocycles. The molecule has 0 heterocycles. The van der Waals surface area contributed by atoms with Crippen molar-refractivity contribution in [2.75, 3.05) is 0 Å². The predicted molar refractivity (Wildman–Crippen MR) is 86.2 cm³/mol. The van der Waals surface area contributed by atoms with Gasteiger partial charge < -0.3 is 0 Å². The first-order chi connectivity index (χ1) is 8.31. The SMILES string of the molecule is CC(C)C(C)[Si](Cl)(c1ccccc1)C(C)C(C)C. The van der Waals surface area contributed by atoms with E-state index in [1.165, 1.54) is 5.19 Å². The van der Waals surface area contributed by atoms with Crippen molar-refractivity contribution in [3.8, 4) is 0 Å². The summed E-state index contributed by atoms with van der Waals surface area (Å²) < 4.78 is 0. The zero-order valence-corrected chi connectivity index (χ0v) is 14.3. The van der Waals surface area contributed by atoms with Crippen LogP contribution in [0, 0.1) is 11.8 Å². The summed E-state index contributed by atoms with van der Waals surface area (Å²) in [6.07, 6.45) is 0. The van der Waals surface area contributed by atoms with Gasteiger partial charge in [-0.3, -0.25) is 0 Å². The number of benzene rings is 1. The van der Waals surface area contributed by atoms with Crippen LogP contribution in [0.3, 0.4) is 0 Å². The number of halogens is 1. The van der Waals surface area contributed by atoms with Crippen LogP contribution in [0.1, 0.15) is 41.5 Å². The Kier molecular flexibility index (Phi) is 5.48. The quantitative estimate of drug-likeness (QED) is 0.516. The second kappa shape index (κ2) is 6.25. The van der Waals surface area contributed by atoms with Crippen LogP contribution < -0.4 is 5.19 Å². The maximum absolute atomic E-state index is 7.29. The Labute approximate surface area is 118 Å². The summed E-state index contributed by atoms with van der Waals surface area (Å²) >= 11 is 7.29. The average Bonchev–Trinajstić information content (AvgIpc) is 2.36. The van der Waals surface area contributed by atoms with Gasteiger partial charge in [0.25, 0.3) is 0 Å². The van der Waals surface area contributed by atoms with E-state index in [2.05, 4.69) is 71.9 Å². The first-order valence-corrected chi connectivity index (χ1v) is 10.2. The van der Waals surface area contributed by atoms with E-state index in [-0.39, 0.29) is 0 Å². The fourth-order valence-corrected chi connectivity index (χ4v) is 9.02. The van der Waals surface area contributed by atoms with Gasteiger partial charge in [0.1, 0.15) is 0 Å². The highest BCUT2D eigenvalue weighted by atomic mass is 35.6. The molecule has 0 aromatic heterocycles. The minimum Gasteiger partial charge on any atom is -0.160 e. The highest BCUT2D eigenvalue weighted by molar-refractivity contribution is 7.28. The largest absolute Gasteiger partial charge is 0.192 e. The molecule has 0 aliphatic rings. The molecule has 1 rings (SSSR count). The Morgan fingerprint density at radius 3 is 1.50 bits per heavy atom. The Morgan fingerprint density at radius 2 is 1.17 bits per heavy atom. The molecule has 0 fully saturated rings. The van der Waals surface area contributed by atoms with E-state index in [0.717, 1.165) is 0 Å². The smallest absolute Gasteiger partial charge is 0.160 e. The van der Waals surface area contributed by atoms with Gasteiger partial charge in [0.2, 0.25) is 0 Å². The van der Waals surface area contributed by atoms with E-state index in [0.29, 0.717) is 22.9 Å². The summed E-state index contributed by atoms with van der Waals surface area (Å²) in [5.41, 5.74) is 1.16. The zero-order chi connectivity index (χ0) is 13.9. The van der Waals surface area contributed by atoms with Crippen molar-refractivity contribution in [3.05, 3.63) is 30.3 Å². The lowest BCUT2D eigenvalue weighted by atomic mass is 10.1. The molecule has 0 saturated carbocycles. The van der Waals surface area contributed by atoms with Crippen molar-refractivity contribution in [1.29, 1.82) is 0 Å². The van der Waals surface area contributed by atoms with Crippen molar-refractivity contribution in [2.24, 2.45) is 11.8 Å². The predicted octanol–water partition coefficient (Wildman–Crippen LogP) is 5.17. The summed E-state index contributed by atoms with van der Waals surface area (Å²) in [7, 11) is -1.99. The Morgan fingerprint density at radius 1 is 0.778 bits per heavy atom. The van der Waals surface area contributed by atoms with Gasteiger partial charge in [-0.15, -0.1) is 0 Å². The summed E-state index contributed by atoms with van der Waals surface area (Å²) in [4.78, 5) is 0. The molecule has 0 spiro atoms. The van der Waals surface area contributed by atoms with Gasteiger partial charge in [-0.05, 0) is 28.1 Å². The molecule has 0 aliphatic heterocycles. The average molecular weight is 283 g/mol. The van der Waals surface area contributed by atoms with Crippen LogP contribution in [-0.4, -0.2) is 7.38 Å². The third-order valence-electron chi connectivity index (χ3n) is 4.54. The molecule has 0 amide bonds. The van der Waals surface area contributed by atoms with Crippen LogP contribution >= 0.6 is 11.1 Å². The molecular weight excluding hydrogens is 256 g/mol. The minimum absolute atomic E-state index is 0.582.